The average Bonchev–Trinajstić information content (AvgIpc) is 2.91. The Labute approximate surface area is 122 Å². The summed E-state index contributed by atoms with van der Waals surface area (Å²) in [5.74, 6) is -0.490. The zero-order valence-corrected chi connectivity index (χ0v) is 11.8. The van der Waals surface area contributed by atoms with Crippen LogP contribution in [0, 0.1) is 11.8 Å². The van der Waals surface area contributed by atoms with Gasteiger partial charge in [0.25, 0.3) is 0 Å². The Morgan fingerprint density at radius 1 is 1.38 bits per heavy atom. The second-order valence-electron chi connectivity index (χ2n) is 5.54. The predicted octanol–water partition coefficient (Wildman–Crippen LogP) is 0.966. The number of carbonyl (C=O) groups excluding carboxylic acids is 1. The van der Waals surface area contributed by atoms with Crippen molar-refractivity contribution in [2.24, 2.45) is 11.8 Å². The number of nitrogens with one attached hydrogen (secondary N) is 1. The number of carboxylic acids is 1. The van der Waals surface area contributed by atoms with Crippen LogP contribution in [0.25, 0.3) is 0 Å². The molecule has 2 aliphatic heterocycles. The summed E-state index contributed by atoms with van der Waals surface area (Å²) in [5, 5.41) is 12.4. The van der Waals surface area contributed by atoms with E-state index in [4.69, 9.17) is 4.74 Å². The van der Waals surface area contributed by atoms with Gasteiger partial charge < -0.3 is 20.1 Å². The van der Waals surface area contributed by atoms with Crippen molar-refractivity contribution in [1.82, 2.24) is 5.32 Å². The molecular weight excluding hydrogens is 272 g/mol. The third-order valence-electron chi connectivity index (χ3n) is 4.18. The number of ether oxygens (including phenoxy) is 1. The van der Waals surface area contributed by atoms with Crippen molar-refractivity contribution in [3.05, 3.63) is 23.8 Å². The first-order valence-electron chi connectivity index (χ1n) is 7.11. The second-order valence-corrected chi connectivity index (χ2v) is 5.54. The molecule has 6 nitrogen and oxygen atoms in total. The van der Waals surface area contributed by atoms with Crippen molar-refractivity contribution in [3.63, 3.8) is 0 Å². The van der Waals surface area contributed by atoms with Crippen molar-refractivity contribution in [1.29, 1.82) is 0 Å². The van der Waals surface area contributed by atoms with Crippen molar-refractivity contribution in [2.75, 3.05) is 31.1 Å². The maximum atomic E-state index is 12.7. The molecule has 1 fully saturated rings. The topological polar surface area (TPSA) is 78.9 Å². The Hall–Kier alpha value is -2.08. The molecule has 3 rings (SSSR count). The van der Waals surface area contributed by atoms with Crippen LogP contribution >= 0.6 is 0 Å². The van der Waals surface area contributed by atoms with Gasteiger partial charge in [0.05, 0.1) is 18.2 Å². The molecule has 2 aliphatic rings. The summed E-state index contributed by atoms with van der Waals surface area (Å²) >= 11 is 0. The smallest absolute Gasteiger partial charge is 0.339 e. The average molecular weight is 290 g/mol. The van der Waals surface area contributed by atoms with Crippen LogP contribution in [0.1, 0.15) is 17.3 Å². The highest BCUT2D eigenvalue weighted by Gasteiger charge is 2.36. The highest BCUT2D eigenvalue weighted by Crippen LogP contribution is 2.36. The molecule has 0 saturated carbocycles. The van der Waals surface area contributed by atoms with Gasteiger partial charge >= 0.3 is 5.97 Å². The number of fused-ring (bicyclic) bond motifs is 1. The summed E-state index contributed by atoms with van der Waals surface area (Å²) in [6.45, 7) is 4.33. The maximum Gasteiger partial charge on any atom is 0.339 e. The number of hydrogen-bond acceptors (Lipinski definition) is 4. The number of anilines is 1. The highest BCUT2D eigenvalue weighted by atomic mass is 16.5. The van der Waals surface area contributed by atoms with Crippen LogP contribution in [0.4, 0.5) is 5.69 Å². The summed E-state index contributed by atoms with van der Waals surface area (Å²) in [5.41, 5.74) is 0.660. The van der Waals surface area contributed by atoms with Crippen LogP contribution in [-0.2, 0) is 4.79 Å². The number of carbonyl (C=O) groups is 2. The molecule has 1 aromatic carbocycles. The third kappa shape index (κ3) is 2.35. The third-order valence-corrected chi connectivity index (χ3v) is 4.18. The monoisotopic (exact) mass is 290 g/mol. The van der Waals surface area contributed by atoms with Gasteiger partial charge in [-0.1, -0.05) is 13.0 Å². The molecule has 0 aliphatic carbocycles. The summed E-state index contributed by atoms with van der Waals surface area (Å²) in [7, 11) is 0. The number of hydrogen-bond donors (Lipinski definition) is 2. The lowest BCUT2D eigenvalue weighted by atomic mass is 9.96. The van der Waals surface area contributed by atoms with Crippen LogP contribution in [0.15, 0.2) is 18.2 Å². The fourth-order valence-corrected chi connectivity index (χ4v) is 2.99. The summed E-state index contributed by atoms with van der Waals surface area (Å²) in [6.07, 6.45) is 0. The van der Waals surface area contributed by atoms with E-state index in [-0.39, 0.29) is 23.3 Å². The lowest BCUT2D eigenvalue weighted by Gasteiger charge is -2.32. The predicted molar refractivity (Wildman–Crippen MR) is 76.8 cm³/mol. The number of nitrogens with zero attached hydrogens (tertiary/aromatic N) is 1. The standard InChI is InChI=1S/C15H18N2O4/c1-9-7-16-8-11(9)14(18)17-5-6-21-13-10(15(19)20)3-2-4-12(13)17/h2-4,9,11,16H,5-8H2,1H3,(H,19,20). The molecule has 1 saturated heterocycles. The van der Waals surface area contributed by atoms with Gasteiger partial charge in [0.1, 0.15) is 12.2 Å². The van der Waals surface area contributed by atoms with E-state index < -0.39 is 5.97 Å². The lowest BCUT2D eigenvalue weighted by molar-refractivity contribution is -0.123. The molecule has 0 spiro atoms. The van der Waals surface area contributed by atoms with E-state index in [9.17, 15) is 14.7 Å². The number of carboxylic acid groups (broad SMARTS) is 1. The Morgan fingerprint density at radius 2 is 2.19 bits per heavy atom. The molecule has 2 N–H and O–H groups in total. The summed E-state index contributed by atoms with van der Waals surface area (Å²) < 4.78 is 5.50. The molecule has 2 unspecified atom stereocenters. The zero-order chi connectivity index (χ0) is 15.0. The van der Waals surface area contributed by atoms with Gasteiger partial charge in [-0.25, -0.2) is 4.79 Å². The van der Waals surface area contributed by atoms with Gasteiger partial charge in [-0.05, 0) is 24.6 Å². The number of rotatable bonds is 2. The highest BCUT2D eigenvalue weighted by molar-refractivity contribution is 6.01. The van der Waals surface area contributed by atoms with Crippen LogP contribution in [-0.4, -0.2) is 43.2 Å². The molecule has 2 heterocycles. The Bertz CT molecular complexity index is 587. The molecule has 0 aromatic heterocycles. The van der Waals surface area contributed by atoms with Gasteiger partial charge in [0, 0.05) is 6.54 Å². The summed E-state index contributed by atoms with van der Waals surface area (Å²) in [6, 6.07) is 4.88. The number of amides is 1. The normalized spacial score (nSPS) is 24.3. The maximum absolute atomic E-state index is 12.7. The zero-order valence-electron chi connectivity index (χ0n) is 11.8. The quantitative estimate of drug-likeness (QED) is 0.848. The SMILES string of the molecule is CC1CNCC1C(=O)N1CCOc2c(C(=O)O)cccc21. The van der Waals surface area contributed by atoms with Gasteiger partial charge in [-0.15, -0.1) is 0 Å². The molecule has 21 heavy (non-hydrogen) atoms. The number of para-hydroxylation sites is 1. The van der Waals surface area contributed by atoms with Gasteiger partial charge in [0.15, 0.2) is 5.75 Å². The van der Waals surface area contributed by atoms with E-state index in [2.05, 4.69) is 12.2 Å². The van der Waals surface area contributed by atoms with Crippen molar-refractivity contribution in [2.45, 2.75) is 6.92 Å². The minimum atomic E-state index is -1.04. The first-order valence-corrected chi connectivity index (χ1v) is 7.11. The van der Waals surface area contributed by atoms with Gasteiger partial charge in [0.2, 0.25) is 5.91 Å². The summed E-state index contributed by atoms with van der Waals surface area (Å²) in [4.78, 5) is 25.7. The van der Waals surface area contributed by atoms with Crippen LogP contribution in [0.2, 0.25) is 0 Å². The van der Waals surface area contributed by atoms with E-state index in [0.717, 1.165) is 6.54 Å². The molecule has 2 atom stereocenters. The minimum Gasteiger partial charge on any atom is -0.489 e. The Kier molecular flexibility index (Phi) is 3.55. The van der Waals surface area contributed by atoms with Crippen LogP contribution < -0.4 is 15.0 Å². The first-order chi connectivity index (χ1) is 10.1. The molecule has 6 heteroatoms. The van der Waals surface area contributed by atoms with E-state index >= 15 is 0 Å². The van der Waals surface area contributed by atoms with Crippen LogP contribution in [0.3, 0.4) is 0 Å². The fourth-order valence-electron chi connectivity index (χ4n) is 2.99. The molecular formula is C15H18N2O4. The molecule has 1 aromatic rings. The van der Waals surface area contributed by atoms with E-state index in [1.165, 1.54) is 6.07 Å². The van der Waals surface area contributed by atoms with E-state index in [1.54, 1.807) is 17.0 Å². The van der Waals surface area contributed by atoms with E-state index in [0.29, 0.717) is 31.1 Å². The molecule has 1 amide bonds. The van der Waals surface area contributed by atoms with Crippen molar-refractivity contribution < 1.29 is 19.4 Å². The molecule has 0 radical (unpaired) electrons. The largest absolute Gasteiger partial charge is 0.489 e. The lowest BCUT2D eigenvalue weighted by Crippen LogP contribution is -2.43. The fraction of sp³-hybridized carbons (Fsp3) is 0.467. The second kappa shape index (κ2) is 5.37. The number of benzene rings is 1. The first kappa shape index (κ1) is 13.9. The minimum absolute atomic E-state index is 0.0413. The number of aromatic carboxylic acids is 1. The van der Waals surface area contributed by atoms with Crippen molar-refractivity contribution >= 4 is 17.6 Å². The van der Waals surface area contributed by atoms with Crippen molar-refractivity contribution in [3.8, 4) is 5.75 Å². The van der Waals surface area contributed by atoms with Crippen LogP contribution in [0.5, 0.6) is 5.75 Å². The Balaban J connectivity index is 1.95. The molecule has 0 bridgehead atoms. The van der Waals surface area contributed by atoms with Gasteiger partial charge in [-0.3, -0.25) is 4.79 Å². The van der Waals surface area contributed by atoms with Gasteiger partial charge in [-0.2, -0.15) is 0 Å². The molecule has 112 valence electrons. The Morgan fingerprint density at radius 3 is 2.86 bits per heavy atom. The van der Waals surface area contributed by atoms with E-state index in [1.807, 2.05) is 0 Å².